The number of carboxylic acids is 1. The van der Waals surface area contributed by atoms with Crippen LogP contribution in [0.4, 0.5) is 13.2 Å². The summed E-state index contributed by atoms with van der Waals surface area (Å²) in [6.45, 7) is 0. The minimum Gasteiger partial charge on any atom is -0.478 e. The highest BCUT2D eigenvalue weighted by Gasteiger charge is 2.32. The topological polar surface area (TPSA) is 63.1 Å². The highest BCUT2D eigenvalue weighted by molar-refractivity contribution is 7.99. The van der Waals surface area contributed by atoms with E-state index in [9.17, 15) is 18.0 Å². The summed E-state index contributed by atoms with van der Waals surface area (Å²) >= 11 is 0.923. The van der Waals surface area contributed by atoms with Crippen molar-refractivity contribution in [2.45, 2.75) is 16.2 Å². The first kappa shape index (κ1) is 14.3. The molecule has 0 aliphatic carbocycles. The highest BCUT2D eigenvalue weighted by Crippen LogP contribution is 2.30. The Bertz CT molecular complexity index is 629. The fourth-order valence-corrected chi connectivity index (χ4v) is 2.05. The van der Waals surface area contributed by atoms with Crippen molar-refractivity contribution in [1.29, 1.82) is 0 Å². The zero-order chi connectivity index (χ0) is 14.8. The highest BCUT2D eigenvalue weighted by atomic mass is 32.2. The molecular weight excluding hydrogens is 293 g/mol. The summed E-state index contributed by atoms with van der Waals surface area (Å²) in [6.07, 6.45) is -3.37. The lowest BCUT2D eigenvalue weighted by Gasteiger charge is -2.07. The van der Waals surface area contributed by atoms with E-state index in [1.54, 1.807) is 0 Å². The molecule has 0 aromatic carbocycles. The molecule has 104 valence electrons. The summed E-state index contributed by atoms with van der Waals surface area (Å²) in [5.41, 5.74) is -0.976. The molecule has 0 fully saturated rings. The molecule has 4 nitrogen and oxygen atoms in total. The molecule has 0 saturated carbocycles. The minimum absolute atomic E-state index is 0.00588. The van der Waals surface area contributed by atoms with Crippen molar-refractivity contribution in [3.63, 3.8) is 0 Å². The van der Waals surface area contributed by atoms with Gasteiger partial charge in [-0.15, -0.1) is 0 Å². The minimum atomic E-state index is -4.50. The molecule has 0 radical (unpaired) electrons. The van der Waals surface area contributed by atoms with Gasteiger partial charge in [0.05, 0.1) is 5.56 Å². The van der Waals surface area contributed by atoms with Gasteiger partial charge in [-0.2, -0.15) is 13.2 Å². The van der Waals surface area contributed by atoms with Crippen molar-refractivity contribution in [2.24, 2.45) is 0 Å². The Morgan fingerprint density at radius 1 is 1.15 bits per heavy atom. The molecule has 0 saturated heterocycles. The van der Waals surface area contributed by atoms with E-state index in [1.807, 2.05) is 0 Å². The number of rotatable bonds is 3. The van der Waals surface area contributed by atoms with E-state index >= 15 is 0 Å². The molecule has 0 spiro atoms. The smallest absolute Gasteiger partial charge is 0.433 e. The molecule has 1 N–H and O–H groups in total. The predicted molar refractivity (Wildman–Crippen MR) is 64.6 cm³/mol. The normalized spacial score (nSPS) is 11.3. The van der Waals surface area contributed by atoms with Crippen LogP contribution in [0.2, 0.25) is 0 Å². The maximum absolute atomic E-state index is 12.5. The van der Waals surface area contributed by atoms with E-state index in [2.05, 4.69) is 9.97 Å². The number of halogens is 3. The van der Waals surface area contributed by atoms with Crippen LogP contribution in [-0.2, 0) is 6.18 Å². The number of alkyl halides is 3. The SMILES string of the molecule is O=C(O)c1ccc(Sc2cccc(C(F)(F)F)n2)nc1. The summed E-state index contributed by atoms with van der Waals surface area (Å²) in [4.78, 5) is 18.0. The molecule has 0 bridgehead atoms. The molecule has 8 heteroatoms. The number of pyridine rings is 2. The quantitative estimate of drug-likeness (QED) is 0.942. The third-order valence-electron chi connectivity index (χ3n) is 2.21. The Morgan fingerprint density at radius 2 is 1.90 bits per heavy atom. The van der Waals surface area contributed by atoms with Crippen LogP contribution in [0.1, 0.15) is 16.1 Å². The maximum atomic E-state index is 12.5. The van der Waals surface area contributed by atoms with Gasteiger partial charge in [0.1, 0.15) is 15.7 Å². The van der Waals surface area contributed by atoms with Crippen molar-refractivity contribution in [3.8, 4) is 0 Å². The molecule has 0 aliphatic rings. The molecule has 0 amide bonds. The van der Waals surface area contributed by atoms with Crippen LogP contribution in [0.25, 0.3) is 0 Å². The Labute approximate surface area is 115 Å². The standard InChI is InChI=1S/C12H7F3N2O2S/c13-12(14,15)8-2-1-3-10(17-8)20-9-5-4-7(6-16-9)11(18)19/h1-6H,(H,18,19). The van der Waals surface area contributed by atoms with E-state index < -0.39 is 17.8 Å². The van der Waals surface area contributed by atoms with Crippen molar-refractivity contribution < 1.29 is 23.1 Å². The van der Waals surface area contributed by atoms with Gasteiger partial charge in [-0.05, 0) is 24.3 Å². The maximum Gasteiger partial charge on any atom is 0.433 e. The number of nitrogens with zero attached hydrogens (tertiary/aromatic N) is 2. The summed E-state index contributed by atoms with van der Waals surface area (Å²) < 4.78 is 37.5. The molecule has 0 unspecified atom stereocenters. The number of carboxylic acid groups (broad SMARTS) is 1. The van der Waals surface area contributed by atoms with E-state index in [1.165, 1.54) is 24.3 Å². The lowest BCUT2D eigenvalue weighted by atomic mass is 10.3. The first-order valence-electron chi connectivity index (χ1n) is 5.28. The molecule has 2 rings (SSSR count). The summed E-state index contributed by atoms with van der Waals surface area (Å²) in [5, 5.41) is 9.20. The molecule has 2 aromatic heterocycles. The fourth-order valence-electron chi connectivity index (χ4n) is 1.30. The van der Waals surface area contributed by atoms with E-state index in [-0.39, 0.29) is 10.6 Å². The first-order chi connectivity index (χ1) is 9.36. The van der Waals surface area contributed by atoms with Crippen LogP contribution in [0.15, 0.2) is 46.6 Å². The Kier molecular flexibility index (Phi) is 3.93. The number of hydrogen-bond donors (Lipinski definition) is 1. The third-order valence-corrected chi connectivity index (χ3v) is 3.09. The monoisotopic (exact) mass is 300 g/mol. The molecule has 2 aromatic rings. The number of aromatic nitrogens is 2. The third kappa shape index (κ3) is 3.47. The van der Waals surface area contributed by atoms with E-state index in [4.69, 9.17) is 5.11 Å². The summed E-state index contributed by atoms with van der Waals surface area (Å²) in [6, 6.07) is 6.29. The van der Waals surface area contributed by atoms with Gasteiger partial charge >= 0.3 is 12.1 Å². The van der Waals surface area contributed by atoms with Gasteiger partial charge in [-0.25, -0.2) is 14.8 Å². The average molecular weight is 300 g/mol. The predicted octanol–water partition coefficient (Wildman–Crippen LogP) is 3.34. The number of hydrogen-bond acceptors (Lipinski definition) is 4. The van der Waals surface area contributed by atoms with Crippen molar-refractivity contribution in [1.82, 2.24) is 9.97 Å². The zero-order valence-electron chi connectivity index (χ0n) is 9.76. The summed E-state index contributed by atoms with van der Waals surface area (Å²) in [5.74, 6) is -1.12. The second-order valence-corrected chi connectivity index (χ2v) is 4.69. The molecule has 0 atom stereocenters. The fraction of sp³-hybridized carbons (Fsp3) is 0.0833. The zero-order valence-corrected chi connectivity index (χ0v) is 10.6. The van der Waals surface area contributed by atoms with Crippen LogP contribution in [0.3, 0.4) is 0 Å². The van der Waals surface area contributed by atoms with Crippen LogP contribution in [-0.4, -0.2) is 21.0 Å². The van der Waals surface area contributed by atoms with E-state index in [0.29, 0.717) is 5.03 Å². The largest absolute Gasteiger partial charge is 0.478 e. The Morgan fingerprint density at radius 3 is 2.45 bits per heavy atom. The Balaban J connectivity index is 2.20. The van der Waals surface area contributed by atoms with Crippen molar-refractivity contribution >= 4 is 17.7 Å². The molecule has 0 aliphatic heterocycles. The molecular formula is C12H7F3N2O2S. The molecule has 20 heavy (non-hydrogen) atoms. The van der Waals surface area contributed by atoms with Gasteiger partial charge in [0.2, 0.25) is 0 Å². The average Bonchev–Trinajstić information content (AvgIpc) is 2.38. The van der Waals surface area contributed by atoms with Gasteiger partial charge in [-0.1, -0.05) is 17.8 Å². The van der Waals surface area contributed by atoms with Gasteiger partial charge in [-0.3, -0.25) is 0 Å². The van der Waals surface area contributed by atoms with Crippen LogP contribution in [0.5, 0.6) is 0 Å². The van der Waals surface area contributed by atoms with Crippen LogP contribution < -0.4 is 0 Å². The van der Waals surface area contributed by atoms with Gasteiger partial charge in [0.15, 0.2) is 0 Å². The number of carbonyl (C=O) groups is 1. The molecule has 2 heterocycles. The van der Waals surface area contributed by atoms with Crippen LogP contribution in [0, 0.1) is 0 Å². The van der Waals surface area contributed by atoms with Gasteiger partial charge in [0.25, 0.3) is 0 Å². The number of aromatic carboxylic acids is 1. The Hall–Kier alpha value is -2.09. The van der Waals surface area contributed by atoms with Crippen molar-refractivity contribution in [2.75, 3.05) is 0 Å². The first-order valence-corrected chi connectivity index (χ1v) is 6.09. The van der Waals surface area contributed by atoms with Crippen LogP contribution >= 0.6 is 11.8 Å². The van der Waals surface area contributed by atoms with Gasteiger partial charge < -0.3 is 5.11 Å². The van der Waals surface area contributed by atoms with Gasteiger partial charge in [0, 0.05) is 6.20 Å². The second kappa shape index (κ2) is 5.49. The van der Waals surface area contributed by atoms with Crippen molar-refractivity contribution in [3.05, 3.63) is 47.8 Å². The lowest BCUT2D eigenvalue weighted by Crippen LogP contribution is -2.07. The van der Waals surface area contributed by atoms with E-state index in [0.717, 1.165) is 24.0 Å². The second-order valence-electron chi connectivity index (χ2n) is 3.65. The summed E-state index contributed by atoms with van der Waals surface area (Å²) in [7, 11) is 0. The lowest BCUT2D eigenvalue weighted by molar-refractivity contribution is -0.141.